The van der Waals surface area contributed by atoms with Gasteiger partial charge in [0.25, 0.3) is 5.91 Å². The van der Waals surface area contributed by atoms with Crippen molar-refractivity contribution in [1.82, 2.24) is 10.2 Å². The minimum Gasteiger partial charge on any atom is -0.454 e. The average molecular weight is 566 g/mol. The highest BCUT2D eigenvalue weighted by Crippen LogP contribution is 2.34. The Kier molecular flexibility index (Phi) is 9.99. The Morgan fingerprint density at radius 3 is 2.42 bits per heavy atom. The molecule has 1 heterocycles. The third-order valence-electron chi connectivity index (χ3n) is 6.22. The number of benzene rings is 3. The predicted octanol–water partition coefficient (Wildman–Crippen LogP) is 4.95. The maximum absolute atomic E-state index is 14.1. The summed E-state index contributed by atoms with van der Waals surface area (Å²) in [7, 11) is 0. The van der Waals surface area contributed by atoms with Crippen molar-refractivity contribution in [2.24, 2.45) is 0 Å². The second kappa shape index (κ2) is 13.8. The van der Waals surface area contributed by atoms with Gasteiger partial charge in [0.05, 0.1) is 0 Å². The van der Waals surface area contributed by atoms with Gasteiger partial charge in [-0.15, -0.1) is 0 Å². The lowest BCUT2D eigenvalue weighted by atomic mass is 10.0. The molecular weight excluding hydrogens is 534 g/mol. The van der Waals surface area contributed by atoms with Gasteiger partial charge in [0.15, 0.2) is 11.5 Å². The van der Waals surface area contributed by atoms with Crippen molar-refractivity contribution in [3.05, 3.63) is 88.4 Å². The fraction of sp³-hybridized carbons (Fsp3) is 0.300. The Bertz CT molecular complexity index is 1330. The maximum Gasteiger partial charge on any atom is 0.255 e. The number of ether oxygens (including phenoxy) is 3. The monoisotopic (exact) mass is 565 g/mol. The minimum atomic E-state index is -0.961. The highest BCUT2D eigenvalue weighted by Gasteiger charge is 2.32. The number of halogens is 1. The molecule has 3 amide bonds. The van der Waals surface area contributed by atoms with Crippen molar-refractivity contribution in [2.75, 3.05) is 31.9 Å². The van der Waals surface area contributed by atoms with Gasteiger partial charge in [-0.2, -0.15) is 0 Å². The SMILES string of the molecule is CCOCCCNC(=O)[C@H](c1ccc(Cl)cc1)N(Cc1ccc2c(c1)OCO2)C(=O)c1ccc(NC(C)=O)cc1. The molecule has 40 heavy (non-hydrogen) atoms. The summed E-state index contributed by atoms with van der Waals surface area (Å²) in [6, 6.07) is 17.9. The second-order valence-corrected chi connectivity index (χ2v) is 9.61. The van der Waals surface area contributed by atoms with E-state index in [-0.39, 0.29) is 31.1 Å². The van der Waals surface area contributed by atoms with E-state index in [4.69, 9.17) is 25.8 Å². The number of hydrogen-bond acceptors (Lipinski definition) is 6. The molecule has 0 fully saturated rings. The van der Waals surface area contributed by atoms with Crippen LogP contribution in [0, 0.1) is 0 Å². The molecule has 1 aliphatic rings. The van der Waals surface area contributed by atoms with Gasteiger partial charge in [-0.3, -0.25) is 14.4 Å². The number of amides is 3. The predicted molar refractivity (Wildman–Crippen MR) is 151 cm³/mol. The molecule has 4 rings (SSSR count). The molecule has 3 aromatic rings. The number of carbonyl (C=O) groups excluding carboxylic acids is 3. The number of anilines is 1. The summed E-state index contributed by atoms with van der Waals surface area (Å²) in [5, 5.41) is 6.17. The third-order valence-corrected chi connectivity index (χ3v) is 6.47. The zero-order valence-electron chi connectivity index (χ0n) is 22.4. The maximum atomic E-state index is 14.1. The van der Waals surface area contributed by atoms with Gasteiger partial charge < -0.3 is 29.7 Å². The first-order chi connectivity index (χ1) is 19.4. The molecule has 0 unspecified atom stereocenters. The van der Waals surface area contributed by atoms with Crippen LogP contribution in [0.5, 0.6) is 11.5 Å². The van der Waals surface area contributed by atoms with Crippen molar-refractivity contribution in [3.63, 3.8) is 0 Å². The largest absolute Gasteiger partial charge is 0.454 e. The molecular formula is C30H32ClN3O6. The molecule has 0 saturated carbocycles. The van der Waals surface area contributed by atoms with E-state index in [9.17, 15) is 14.4 Å². The number of rotatable bonds is 12. The fourth-order valence-corrected chi connectivity index (χ4v) is 4.45. The standard InChI is InChI=1S/C30H32ClN3O6/c1-3-38-16-4-15-32-29(36)28(22-6-10-24(31)11-7-22)34(18-21-5-14-26-27(17-21)40-19-39-26)30(37)23-8-12-25(13-9-23)33-20(2)35/h5-14,17,28H,3-4,15-16,18-19H2,1-2H3,(H,32,36)(H,33,35)/t28-/m0/s1. The van der Waals surface area contributed by atoms with E-state index < -0.39 is 6.04 Å². The summed E-state index contributed by atoms with van der Waals surface area (Å²) in [6.45, 7) is 5.07. The molecule has 9 nitrogen and oxygen atoms in total. The van der Waals surface area contributed by atoms with Gasteiger partial charge in [-0.25, -0.2) is 0 Å². The summed E-state index contributed by atoms with van der Waals surface area (Å²) in [5.41, 5.74) is 2.29. The van der Waals surface area contributed by atoms with Gasteiger partial charge >= 0.3 is 0 Å². The van der Waals surface area contributed by atoms with Crippen LogP contribution in [0.3, 0.4) is 0 Å². The van der Waals surface area contributed by atoms with E-state index in [1.165, 1.54) is 11.8 Å². The summed E-state index contributed by atoms with van der Waals surface area (Å²) >= 11 is 6.15. The van der Waals surface area contributed by atoms with Gasteiger partial charge in [0, 0.05) is 49.5 Å². The molecule has 1 atom stereocenters. The van der Waals surface area contributed by atoms with Crippen LogP contribution in [0.1, 0.15) is 47.8 Å². The normalized spacial score (nSPS) is 12.5. The van der Waals surface area contributed by atoms with E-state index >= 15 is 0 Å². The average Bonchev–Trinajstić information content (AvgIpc) is 3.41. The third kappa shape index (κ3) is 7.52. The molecule has 0 aromatic heterocycles. The van der Waals surface area contributed by atoms with Crippen LogP contribution in [-0.4, -0.2) is 49.2 Å². The number of carbonyl (C=O) groups is 3. The number of nitrogens with one attached hydrogen (secondary N) is 2. The van der Waals surface area contributed by atoms with Crippen molar-refractivity contribution >= 4 is 35.0 Å². The second-order valence-electron chi connectivity index (χ2n) is 9.17. The highest BCUT2D eigenvalue weighted by molar-refractivity contribution is 6.30. The zero-order valence-corrected chi connectivity index (χ0v) is 23.2. The summed E-state index contributed by atoms with van der Waals surface area (Å²) in [5.74, 6) is 0.288. The lowest BCUT2D eigenvalue weighted by Gasteiger charge is -2.32. The molecule has 210 valence electrons. The molecule has 0 spiro atoms. The summed E-state index contributed by atoms with van der Waals surface area (Å²) < 4.78 is 16.4. The van der Waals surface area contributed by atoms with Crippen molar-refractivity contribution in [1.29, 1.82) is 0 Å². The van der Waals surface area contributed by atoms with Crippen molar-refractivity contribution in [3.8, 4) is 11.5 Å². The van der Waals surface area contributed by atoms with E-state index in [1.54, 1.807) is 60.7 Å². The number of fused-ring (bicyclic) bond motifs is 1. The molecule has 3 aromatic carbocycles. The summed E-state index contributed by atoms with van der Waals surface area (Å²) in [6.07, 6.45) is 0.633. The number of hydrogen-bond donors (Lipinski definition) is 2. The smallest absolute Gasteiger partial charge is 0.255 e. The van der Waals surface area contributed by atoms with Crippen LogP contribution in [0.25, 0.3) is 0 Å². The Morgan fingerprint density at radius 2 is 1.73 bits per heavy atom. The molecule has 0 saturated heterocycles. The van der Waals surface area contributed by atoms with E-state index in [0.717, 1.165) is 5.56 Å². The zero-order chi connectivity index (χ0) is 28.5. The van der Waals surface area contributed by atoms with Crippen molar-refractivity contribution in [2.45, 2.75) is 32.9 Å². The molecule has 1 aliphatic heterocycles. The Labute approximate surface area is 238 Å². The van der Waals surface area contributed by atoms with Gasteiger partial charge in [-0.1, -0.05) is 29.8 Å². The van der Waals surface area contributed by atoms with Crippen molar-refractivity contribution < 1.29 is 28.6 Å². The molecule has 10 heteroatoms. The molecule has 2 N–H and O–H groups in total. The van der Waals surface area contributed by atoms with Crippen LogP contribution in [0.4, 0.5) is 5.69 Å². The lowest BCUT2D eigenvalue weighted by Crippen LogP contribution is -2.43. The lowest BCUT2D eigenvalue weighted by molar-refractivity contribution is -0.126. The molecule has 0 bridgehead atoms. The van der Waals surface area contributed by atoms with Crippen LogP contribution < -0.4 is 20.1 Å². The Hall–Kier alpha value is -4.08. The van der Waals surface area contributed by atoms with E-state index in [0.29, 0.717) is 59.5 Å². The first kappa shape index (κ1) is 28.9. The van der Waals surface area contributed by atoms with E-state index in [1.807, 2.05) is 13.0 Å². The van der Waals surface area contributed by atoms with E-state index in [2.05, 4.69) is 10.6 Å². The number of nitrogens with zero attached hydrogens (tertiary/aromatic N) is 1. The molecule has 0 radical (unpaired) electrons. The molecule has 0 aliphatic carbocycles. The van der Waals surface area contributed by atoms with Crippen LogP contribution in [0.2, 0.25) is 5.02 Å². The van der Waals surface area contributed by atoms with Gasteiger partial charge in [-0.05, 0) is 73.0 Å². The Morgan fingerprint density at radius 1 is 1.00 bits per heavy atom. The topological polar surface area (TPSA) is 106 Å². The fourth-order valence-electron chi connectivity index (χ4n) is 4.33. The first-order valence-corrected chi connectivity index (χ1v) is 13.4. The minimum absolute atomic E-state index is 0.114. The first-order valence-electron chi connectivity index (χ1n) is 13.0. The Balaban J connectivity index is 1.69. The summed E-state index contributed by atoms with van der Waals surface area (Å²) in [4.78, 5) is 40.8. The van der Waals surface area contributed by atoms with Gasteiger partial charge in [0.1, 0.15) is 6.04 Å². The quantitative estimate of drug-likeness (QED) is 0.301. The van der Waals surface area contributed by atoms with Crippen LogP contribution in [0.15, 0.2) is 66.7 Å². The van der Waals surface area contributed by atoms with Crippen LogP contribution >= 0.6 is 11.6 Å². The highest BCUT2D eigenvalue weighted by atomic mass is 35.5. The van der Waals surface area contributed by atoms with Gasteiger partial charge in [0.2, 0.25) is 18.6 Å². The van der Waals surface area contributed by atoms with Crippen LogP contribution in [-0.2, 0) is 20.9 Å².